The summed E-state index contributed by atoms with van der Waals surface area (Å²) in [5, 5.41) is 21.1. The fraction of sp³-hybridized carbons (Fsp3) is 0. The molecular formula is C46H26N4O2. The second-order valence-electron chi connectivity index (χ2n) is 12.7. The van der Waals surface area contributed by atoms with E-state index < -0.39 is 5.91 Å². The Morgan fingerprint density at radius 3 is 1.67 bits per heavy atom. The summed E-state index contributed by atoms with van der Waals surface area (Å²) in [6, 6.07) is 54.4. The van der Waals surface area contributed by atoms with Gasteiger partial charge in [0, 0.05) is 21.9 Å². The fourth-order valence-corrected chi connectivity index (χ4v) is 7.48. The van der Waals surface area contributed by atoms with Crippen LogP contribution in [0.3, 0.4) is 0 Å². The molecule has 8 aromatic rings. The van der Waals surface area contributed by atoms with Gasteiger partial charge in [0.05, 0.1) is 56.8 Å². The minimum atomic E-state index is -0.393. The first-order chi connectivity index (χ1) is 25.6. The highest BCUT2D eigenvalue weighted by Crippen LogP contribution is 2.45. The molecule has 0 saturated heterocycles. The molecule has 6 heteroatoms. The zero-order valence-corrected chi connectivity index (χ0v) is 27.6. The minimum Gasteiger partial charge on any atom is -0.308 e. The van der Waals surface area contributed by atoms with E-state index in [1.54, 1.807) is 24.3 Å². The molecule has 52 heavy (non-hydrogen) atoms. The first-order valence-electron chi connectivity index (χ1n) is 16.8. The van der Waals surface area contributed by atoms with Gasteiger partial charge in [-0.15, -0.1) is 0 Å². The summed E-state index contributed by atoms with van der Waals surface area (Å²) in [4.78, 5) is 30.9. The van der Waals surface area contributed by atoms with Crippen LogP contribution in [0, 0.1) is 22.7 Å². The van der Waals surface area contributed by atoms with Crippen LogP contribution in [0.5, 0.6) is 0 Å². The summed E-state index contributed by atoms with van der Waals surface area (Å²) in [5.41, 5.74) is 9.33. The lowest BCUT2D eigenvalue weighted by atomic mass is 9.95. The second kappa shape index (κ2) is 12.1. The molecule has 0 bridgehead atoms. The van der Waals surface area contributed by atoms with Crippen molar-refractivity contribution in [2.75, 3.05) is 4.90 Å². The number of rotatable bonds is 5. The van der Waals surface area contributed by atoms with Crippen molar-refractivity contribution < 1.29 is 9.59 Å². The van der Waals surface area contributed by atoms with E-state index in [1.165, 1.54) is 4.90 Å². The molecule has 1 aliphatic rings. The number of anilines is 1. The monoisotopic (exact) mass is 666 g/mol. The number of hydrogen-bond acceptors (Lipinski definition) is 4. The minimum absolute atomic E-state index is 0.335. The maximum absolute atomic E-state index is 15.0. The summed E-state index contributed by atoms with van der Waals surface area (Å²) in [7, 11) is 0. The second-order valence-corrected chi connectivity index (χ2v) is 12.7. The lowest BCUT2D eigenvalue weighted by Crippen LogP contribution is -2.30. The van der Waals surface area contributed by atoms with Gasteiger partial charge in [-0.3, -0.25) is 9.59 Å². The van der Waals surface area contributed by atoms with Crippen LogP contribution >= 0.6 is 0 Å². The molecule has 1 aliphatic heterocycles. The number of carbonyl (C=O) groups excluding carboxylic acids is 2. The number of imide groups is 1. The van der Waals surface area contributed by atoms with E-state index in [-0.39, 0.29) is 5.91 Å². The maximum atomic E-state index is 15.0. The third kappa shape index (κ3) is 4.71. The van der Waals surface area contributed by atoms with Gasteiger partial charge in [-0.25, -0.2) is 4.90 Å². The Hall–Kier alpha value is -7.54. The quantitative estimate of drug-likeness (QED) is 0.171. The van der Waals surface area contributed by atoms with E-state index >= 15 is 0 Å². The molecule has 7 aromatic carbocycles. The van der Waals surface area contributed by atoms with E-state index in [0.717, 1.165) is 55.2 Å². The lowest BCUT2D eigenvalue weighted by Gasteiger charge is -2.23. The van der Waals surface area contributed by atoms with Crippen molar-refractivity contribution in [1.82, 2.24) is 4.57 Å². The molecule has 2 amide bonds. The zero-order valence-electron chi connectivity index (χ0n) is 27.6. The summed E-state index contributed by atoms with van der Waals surface area (Å²) in [6.07, 6.45) is 0. The highest BCUT2D eigenvalue weighted by molar-refractivity contribution is 6.37. The fourth-order valence-electron chi connectivity index (χ4n) is 7.48. The number of carbonyl (C=O) groups is 2. The Morgan fingerprint density at radius 1 is 0.442 bits per heavy atom. The van der Waals surface area contributed by atoms with Crippen molar-refractivity contribution in [3.63, 3.8) is 0 Å². The standard InChI is InChI=1S/C46H26N4O2/c47-27-29-23-30(28-48)25-34(24-29)33-21-22-41-39(26-33)37-15-7-8-19-40(37)49(41)42-20-10-18-38-43(42)46(52)50(45(38)51)44-35(31-11-3-1-4-12-31)16-9-17-36(44)32-13-5-2-6-14-32/h1-26H. The first-order valence-corrected chi connectivity index (χ1v) is 16.8. The average Bonchev–Trinajstić information content (AvgIpc) is 3.67. The number of hydrogen-bond donors (Lipinski definition) is 0. The third-order valence-electron chi connectivity index (χ3n) is 9.76. The topological polar surface area (TPSA) is 89.9 Å². The predicted molar refractivity (Wildman–Crippen MR) is 204 cm³/mol. The van der Waals surface area contributed by atoms with Crippen LogP contribution in [0.4, 0.5) is 5.69 Å². The predicted octanol–water partition coefficient (Wildman–Crippen LogP) is 10.3. The van der Waals surface area contributed by atoms with Crippen molar-refractivity contribution in [2.45, 2.75) is 0 Å². The molecule has 0 radical (unpaired) electrons. The Labute approximate surface area is 299 Å². The molecule has 0 atom stereocenters. The normalized spacial score (nSPS) is 12.2. The number of nitriles is 2. The smallest absolute Gasteiger partial charge is 0.268 e. The molecule has 2 heterocycles. The Morgan fingerprint density at radius 2 is 1.02 bits per heavy atom. The van der Waals surface area contributed by atoms with Crippen LogP contribution in [0.1, 0.15) is 31.8 Å². The first kappa shape index (κ1) is 30.5. The summed E-state index contributed by atoms with van der Waals surface area (Å²) >= 11 is 0. The van der Waals surface area contributed by atoms with Crippen molar-refractivity contribution >= 4 is 39.3 Å². The number of aromatic nitrogens is 1. The largest absolute Gasteiger partial charge is 0.308 e. The van der Waals surface area contributed by atoms with E-state index in [9.17, 15) is 20.1 Å². The molecule has 0 saturated carbocycles. The average molecular weight is 667 g/mol. The molecule has 0 unspecified atom stereocenters. The molecule has 9 rings (SSSR count). The Balaban J connectivity index is 1.25. The third-order valence-corrected chi connectivity index (χ3v) is 9.76. The van der Waals surface area contributed by atoms with Gasteiger partial charge in [-0.1, -0.05) is 109 Å². The zero-order chi connectivity index (χ0) is 35.3. The lowest BCUT2D eigenvalue weighted by molar-refractivity contribution is 0.0926. The molecule has 1 aromatic heterocycles. The Kier molecular flexibility index (Phi) is 7.10. The van der Waals surface area contributed by atoms with Crippen LogP contribution < -0.4 is 4.90 Å². The van der Waals surface area contributed by atoms with Crippen LogP contribution in [0.25, 0.3) is 60.9 Å². The SMILES string of the molecule is N#Cc1cc(C#N)cc(-c2ccc3c(c2)c2ccccc2n3-c2cccc3c2C(=O)N(c2c(-c4ccccc4)cccc2-c2ccccc2)C3=O)c1. The number of amides is 2. The highest BCUT2D eigenvalue weighted by atomic mass is 16.2. The van der Waals surface area contributed by atoms with Crippen LogP contribution in [0.2, 0.25) is 0 Å². The molecular weight excluding hydrogens is 641 g/mol. The van der Waals surface area contributed by atoms with E-state index in [0.29, 0.717) is 33.6 Å². The van der Waals surface area contributed by atoms with E-state index in [2.05, 4.69) is 22.8 Å². The van der Waals surface area contributed by atoms with Gasteiger partial charge in [0.25, 0.3) is 11.8 Å². The van der Waals surface area contributed by atoms with Crippen molar-refractivity contribution in [3.8, 4) is 51.2 Å². The van der Waals surface area contributed by atoms with Crippen molar-refractivity contribution in [3.05, 3.63) is 180 Å². The van der Waals surface area contributed by atoms with Gasteiger partial charge in [0.1, 0.15) is 0 Å². The van der Waals surface area contributed by atoms with Gasteiger partial charge < -0.3 is 4.57 Å². The van der Waals surface area contributed by atoms with E-state index in [1.807, 2.05) is 127 Å². The number of benzene rings is 7. The van der Waals surface area contributed by atoms with Gasteiger partial charge in [-0.2, -0.15) is 10.5 Å². The van der Waals surface area contributed by atoms with Gasteiger partial charge >= 0.3 is 0 Å². The maximum Gasteiger partial charge on any atom is 0.268 e. The van der Waals surface area contributed by atoms with Crippen molar-refractivity contribution in [1.29, 1.82) is 10.5 Å². The Bertz CT molecular complexity index is 2770. The van der Waals surface area contributed by atoms with Crippen LogP contribution in [-0.2, 0) is 0 Å². The number of fused-ring (bicyclic) bond motifs is 4. The molecule has 0 spiro atoms. The van der Waals surface area contributed by atoms with Crippen molar-refractivity contribution in [2.24, 2.45) is 0 Å². The van der Waals surface area contributed by atoms with Crippen LogP contribution in [-0.4, -0.2) is 16.4 Å². The van der Waals surface area contributed by atoms with Gasteiger partial charge in [0.15, 0.2) is 0 Å². The molecule has 0 N–H and O–H groups in total. The molecule has 0 aliphatic carbocycles. The summed E-state index contributed by atoms with van der Waals surface area (Å²) < 4.78 is 2.05. The van der Waals surface area contributed by atoms with E-state index in [4.69, 9.17) is 0 Å². The number of nitrogens with zero attached hydrogens (tertiary/aromatic N) is 4. The van der Waals surface area contributed by atoms with Crippen LogP contribution in [0.15, 0.2) is 158 Å². The highest BCUT2D eigenvalue weighted by Gasteiger charge is 2.41. The van der Waals surface area contributed by atoms with Gasteiger partial charge in [-0.05, 0) is 70.8 Å². The number of para-hydroxylation sites is 2. The summed E-state index contributed by atoms with van der Waals surface area (Å²) in [5.74, 6) is -0.771. The molecule has 6 nitrogen and oxygen atoms in total. The van der Waals surface area contributed by atoms with Gasteiger partial charge in [0.2, 0.25) is 0 Å². The molecule has 0 fully saturated rings. The summed E-state index contributed by atoms with van der Waals surface area (Å²) in [6.45, 7) is 0. The molecule has 242 valence electrons.